The van der Waals surface area contributed by atoms with E-state index in [1.165, 1.54) is 3.57 Å². The normalized spacial score (nSPS) is 10.8. The number of benzene rings is 2. The molecule has 0 aliphatic carbocycles. The molecule has 0 saturated heterocycles. The second-order valence-corrected chi connectivity index (χ2v) is 11.8. The molecule has 0 spiro atoms. The summed E-state index contributed by atoms with van der Waals surface area (Å²) in [4.78, 5) is 0. The monoisotopic (exact) mass is 391 g/mol. The van der Waals surface area contributed by atoms with Crippen molar-refractivity contribution in [2.24, 2.45) is 0 Å². The van der Waals surface area contributed by atoms with Gasteiger partial charge in [0.1, 0.15) is 8.07 Å². The number of nitrogen functional groups attached to an aromatic ring is 1. The lowest BCUT2D eigenvalue weighted by Gasteiger charge is -2.08. The van der Waals surface area contributed by atoms with Crippen molar-refractivity contribution in [3.05, 3.63) is 51.6 Å². The van der Waals surface area contributed by atoms with Gasteiger partial charge in [-0.2, -0.15) is 0 Å². The maximum absolute atomic E-state index is 6.10. The second kappa shape index (κ2) is 6.02. The van der Waals surface area contributed by atoms with Gasteiger partial charge in [0.15, 0.2) is 0 Å². The Morgan fingerprint density at radius 2 is 1.65 bits per heavy atom. The predicted molar refractivity (Wildman–Crippen MR) is 99.2 cm³/mol. The molecular weight excluding hydrogens is 373 g/mol. The van der Waals surface area contributed by atoms with E-state index in [0.717, 1.165) is 22.4 Å². The fourth-order valence-corrected chi connectivity index (χ4v) is 2.65. The highest BCUT2D eigenvalue weighted by atomic mass is 127. The van der Waals surface area contributed by atoms with E-state index in [4.69, 9.17) is 5.73 Å². The zero-order chi connectivity index (χ0) is 14.8. The first-order valence-electron chi connectivity index (χ1n) is 6.54. The molecule has 2 N–H and O–H groups in total. The van der Waals surface area contributed by atoms with Gasteiger partial charge in [0.05, 0.1) is 0 Å². The zero-order valence-corrected chi connectivity index (χ0v) is 15.2. The van der Waals surface area contributed by atoms with Gasteiger partial charge < -0.3 is 5.73 Å². The van der Waals surface area contributed by atoms with E-state index in [1.54, 1.807) is 0 Å². The SMILES string of the molecule is C[Si](C)(C)C#Cc1ccc(N)c(-c2ccc(I)cc2)c1. The van der Waals surface area contributed by atoms with Crippen LogP contribution in [0.4, 0.5) is 5.69 Å². The smallest absolute Gasteiger partial charge is 0.129 e. The fourth-order valence-electron chi connectivity index (χ4n) is 1.77. The Balaban J connectivity index is 2.43. The maximum Gasteiger partial charge on any atom is 0.129 e. The third-order valence-electron chi connectivity index (χ3n) is 2.79. The molecule has 20 heavy (non-hydrogen) atoms. The fraction of sp³-hybridized carbons (Fsp3) is 0.176. The number of halogens is 1. The van der Waals surface area contributed by atoms with Crippen LogP contribution in [0, 0.1) is 15.0 Å². The Morgan fingerprint density at radius 3 is 2.25 bits per heavy atom. The molecule has 0 atom stereocenters. The van der Waals surface area contributed by atoms with E-state index in [9.17, 15) is 0 Å². The van der Waals surface area contributed by atoms with E-state index in [0.29, 0.717) is 0 Å². The summed E-state index contributed by atoms with van der Waals surface area (Å²) in [5.74, 6) is 3.29. The highest BCUT2D eigenvalue weighted by Crippen LogP contribution is 2.27. The molecule has 0 amide bonds. The van der Waals surface area contributed by atoms with Crippen LogP contribution in [0.2, 0.25) is 19.6 Å². The molecule has 102 valence electrons. The summed E-state index contributed by atoms with van der Waals surface area (Å²) < 4.78 is 1.22. The molecule has 0 bridgehead atoms. The Bertz CT molecular complexity index is 673. The average Bonchev–Trinajstić information content (AvgIpc) is 2.38. The number of hydrogen-bond acceptors (Lipinski definition) is 1. The van der Waals surface area contributed by atoms with Crippen LogP contribution in [0.1, 0.15) is 5.56 Å². The van der Waals surface area contributed by atoms with Gasteiger partial charge in [-0.3, -0.25) is 0 Å². The van der Waals surface area contributed by atoms with Crippen molar-refractivity contribution in [2.75, 3.05) is 5.73 Å². The molecule has 0 radical (unpaired) electrons. The summed E-state index contributed by atoms with van der Waals surface area (Å²) in [6, 6.07) is 14.4. The summed E-state index contributed by atoms with van der Waals surface area (Å²) in [6.07, 6.45) is 0. The Labute approximate surface area is 135 Å². The van der Waals surface area contributed by atoms with Crippen molar-refractivity contribution in [3.63, 3.8) is 0 Å². The van der Waals surface area contributed by atoms with E-state index < -0.39 is 8.07 Å². The molecule has 2 rings (SSSR count). The van der Waals surface area contributed by atoms with Crippen LogP contribution in [-0.2, 0) is 0 Å². The molecule has 0 fully saturated rings. The standard InChI is InChI=1S/C17H18INSi/c1-20(2,3)11-10-13-4-9-17(19)16(12-13)14-5-7-15(18)8-6-14/h4-9,12H,19H2,1-3H3. The second-order valence-electron chi connectivity index (χ2n) is 5.81. The minimum atomic E-state index is -1.35. The van der Waals surface area contributed by atoms with Crippen LogP contribution in [-0.4, -0.2) is 8.07 Å². The molecule has 3 heteroatoms. The topological polar surface area (TPSA) is 26.0 Å². The van der Waals surface area contributed by atoms with Crippen LogP contribution in [0.3, 0.4) is 0 Å². The van der Waals surface area contributed by atoms with Crippen molar-refractivity contribution < 1.29 is 0 Å². The summed E-state index contributed by atoms with van der Waals surface area (Å²) >= 11 is 2.30. The van der Waals surface area contributed by atoms with Gasteiger partial charge in [-0.15, -0.1) is 5.54 Å². The van der Waals surface area contributed by atoms with Crippen molar-refractivity contribution in [1.82, 2.24) is 0 Å². The van der Waals surface area contributed by atoms with Crippen LogP contribution < -0.4 is 5.73 Å². The van der Waals surface area contributed by atoms with Gasteiger partial charge in [-0.25, -0.2) is 0 Å². The average molecular weight is 391 g/mol. The lowest BCUT2D eigenvalue weighted by Crippen LogP contribution is -2.16. The lowest BCUT2D eigenvalue weighted by molar-refractivity contribution is 1.57. The van der Waals surface area contributed by atoms with Crippen LogP contribution in [0.5, 0.6) is 0 Å². The summed E-state index contributed by atoms with van der Waals surface area (Å²) in [6.45, 7) is 6.74. The van der Waals surface area contributed by atoms with E-state index in [-0.39, 0.29) is 0 Å². The minimum absolute atomic E-state index is 0.796. The largest absolute Gasteiger partial charge is 0.398 e. The van der Waals surface area contributed by atoms with Crippen molar-refractivity contribution in [2.45, 2.75) is 19.6 Å². The van der Waals surface area contributed by atoms with Crippen LogP contribution >= 0.6 is 22.6 Å². The molecule has 0 aromatic heterocycles. The molecule has 0 aliphatic heterocycles. The quantitative estimate of drug-likeness (QED) is 0.322. The summed E-state index contributed by atoms with van der Waals surface area (Å²) in [5.41, 5.74) is 13.5. The van der Waals surface area contributed by atoms with E-state index >= 15 is 0 Å². The van der Waals surface area contributed by atoms with E-state index in [2.05, 4.69) is 84.0 Å². The number of hydrogen-bond donors (Lipinski definition) is 1. The molecule has 0 unspecified atom stereocenters. The van der Waals surface area contributed by atoms with Gasteiger partial charge in [0, 0.05) is 20.4 Å². The van der Waals surface area contributed by atoms with Crippen LogP contribution in [0.25, 0.3) is 11.1 Å². The van der Waals surface area contributed by atoms with Gasteiger partial charge >= 0.3 is 0 Å². The molecule has 2 aromatic carbocycles. The molecular formula is C17H18INSi. The first-order valence-corrected chi connectivity index (χ1v) is 11.1. The third-order valence-corrected chi connectivity index (χ3v) is 4.38. The van der Waals surface area contributed by atoms with Crippen LogP contribution in [0.15, 0.2) is 42.5 Å². The Hall–Kier alpha value is -1.25. The van der Waals surface area contributed by atoms with Gasteiger partial charge in [0.2, 0.25) is 0 Å². The molecule has 1 nitrogen and oxygen atoms in total. The summed E-state index contributed by atoms with van der Waals surface area (Å²) in [7, 11) is -1.35. The highest BCUT2D eigenvalue weighted by molar-refractivity contribution is 14.1. The van der Waals surface area contributed by atoms with Crippen molar-refractivity contribution >= 4 is 36.4 Å². The van der Waals surface area contributed by atoms with Crippen molar-refractivity contribution in [1.29, 1.82) is 0 Å². The first-order chi connectivity index (χ1) is 9.35. The Kier molecular flexibility index (Phi) is 4.56. The van der Waals surface area contributed by atoms with Gasteiger partial charge in [0.25, 0.3) is 0 Å². The predicted octanol–water partition coefficient (Wildman–Crippen LogP) is 4.77. The molecule has 0 saturated carbocycles. The molecule has 2 aromatic rings. The van der Waals surface area contributed by atoms with Gasteiger partial charge in [-0.05, 0) is 58.5 Å². The van der Waals surface area contributed by atoms with E-state index in [1.807, 2.05) is 12.1 Å². The lowest BCUT2D eigenvalue weighted by atomic mass is 10.0. The maximum atomic E-state index is 6.10. The minimum Gasteiger partial charge on any atom is -0.398 e. The zero-order valence-electron chi connectivity index (χ0n) is 12.0. The summed E-state index contributed by atoms with van der Waals surface area (Å²) in [5, 5.41) is 0. The number of anilines is 1. The first kappa shape index (κ1) is 15.1. The highest BCUT2D eigenvalue weighted by Gasteiger charge is 2.08. The van der Waals surface area contributed by atoms with Gasteiger partial charge in [-0.1, -0.05) is 37.7 Å². The molecule has 0 aliphatic rings. The third kappa shape index (κ3) is 4.12. The number of rotatable bonds is 1. The molecule has 0 heterocycles. The van der Waals surface area contributed by atoms with Crippen molar-refractivity contribution in [3.8, 4) is 22.6 Å². The Morgan fingerprint density at radius 1 is 1.00 bits per heavy atom. The number of nitrogens with two attached hydrogens (primary N) is 1.